The lowest BCUT2D eigenvalue weighted by Gasteiger charge is -2.38. The van der Waals surface area contributed by atoms with Crippen molar-refractivity contribution in [3.05, 3.63) is 70.5 Å². The van der Waals surface area contributed by atoms with Gasteiger partial charge in [0.25, 0.3) is 5.91 Å². The second-order valence-corrected chi connectivity index (χ2v) is 9.21. The molecule has 1 atom stereocenters. The number of halogens is 1. The first kappa shape index (κ1) is 21.7. The summed E-state index contributed by atoms with van der Waals surface area (Å²) in [7, 11) is 0. The van der Waals surface area contributed by atoms with Crippen molar-refractivity contribution >= 4 is 17.7 Å². The minimum absolute atomic E-state index is 0.216. The largest absolute Gasteiger partial charge is 0.385 e. The van der Waals surface area contributed by atoms with Crippen LogP contribution in [0.15, 0.2) is 42.5 Å². The first-order chi connectivity index (χ1) is 15.8. The maximum absolute atomic E-state index is 13.5. The molecule has 2 fully saturated rings. The lowest BCUT2D eigenvalue weighted by atomic mass is 9.83. The van der Waals surface area contributed by atoms with Crippen LogP contribution >= 0.6 is 0 Å². The molecular formula is C25H26FN3O4. The van der Waals surface area contributed by atoms with Gasteiger partial charge in [0.2, 0.25) is 11.8 Å². The van der Waals surface area contributed by atoms with Gasteiger partial charge in [-0.1, -0.05) is 24.3 Å². The molecule has 0 bridgehead atoms. The number of nitrogens with one attached hydrogen (secondary N) is 1. The molecule has 0 spiro atoms. The van der Waals surface area contributed by atoms with E-state index in [-0.39, 0.29) is 30.6 Å². The summed E-state index contributed by atoms with van der Waals surface area (Å²) in [5.41, 5.74) is 2.00. The highest BCUT2D eigenvalue weighted by atomic mass is 19.1. The average molecular weight is 451 g/mol. The molecule has 5 rings (SSSR count). The summed E-state index contributed by atoms with van der Waals surface area (Å²) in [5, 5.41) is 13.7. The molecule has 172 valence electrons. The summed E-state index contributed by atoms with van der Waals surface area (Å²) >= 11 is 0. The predicted octanol–water partition coefficient (Wildman–Crippen LogP) is 2.07. The van der Waals surface area contributed by atoms with Crippen LogP contribution < -0.4 is 5.32 Å². The molecule has 3 heterocycles. The zero-order valence-electron chi connectivity index (χ0n) is 18.2. The molecule has 2 aromatic carbocycles. The molecule has 2 aromatic rings. The van der Waals surface area contributed by atoms with E-state index in [1.165, 1.54) is 17.0 Å². The van der Waals surface area contributed by atoms with E-state index in [2.05, 4.69) is 10.2 Å². The number of fused-ring (bicyclic) bond motifs is 1. The zero-order valence-corrected chi connectivity index (χ0v) is 18.2. The fraction of sp³-hybridized carbons (Fsp3) is 0.400. The van der Waals surface area contributed by atoms with Crippen LogP contribution in [0.3, 0.4) is 0 Å². The van der Waals surface area contributed by atoms with Gasteiger partial charge in [-0.2, -0.15) is 0 Å². The topological polar surface area (TPSA) is 90.0 Å². The van der Waals surface area contributed by atoms with E-state index < -0.39 is 17.6 Å². The van der Waals surface area contributed by atoms with Crippen molar-refractivity contribution in [3.8, 4) is 0 Å². The van der Waals surface area contributed by atoms with Gasteiger partial charge >= 0.3 is 0 Å². The molecule has 0 radical (unpaired) electrons. The van der Waals surface area contributed by atoms with Crippen molar-refractivity contribution in [1.29, 1.82) is 0 Å². The quantitative estimate of drug-likeness (QED) is 0.695. The van der Waals surface area contributed by atoms with Crippen molar-refractivity contribution in [1.82, 2.24) is 15.1 Å². The Kier molecular flexibility index (Phi) is 5.50. The lowest BCUT2D eigenvalue weighted by Crippen LogP contribution is -2.52. The molecule has 3 aliphatic heterocycles. The number of carbonyl (C=O) groups is 3. The van der Waals surface area contributed by atoms with Crippen molar-refractivity contribution in [2.45, 2.75) is 50.4 Å². The SMILES string of the molecule is O=C1CCC(N2Cc3cc(C4(O)CCN(Cc5cccc(F)c5)CC4)ccc3C2=O)C(=O)N1. The summed E-state index contributed by atoms with van der Waals surface area (Å²) in [6, 6.07) is 11.3. The van der Waals surface area contributed by atoms with Crippen molar-refractivity contribution in [2.24, 2.45) is 0 Å². The maximum atomic E-state index is 13.5. The fourth-order valence-corrected chi connectivity index (χ4v) is 5.13. The number of aliphatic hydroxyl groups is 1. The molecule has 1 unspecified atom stereocenters. The van der Waals surface area contributed by atoms with Gasteiger partial charge in [0, 0.05) is 38.2 Å². The Morgan fingerprint density at radius 3 is 2.61 bits per heavy atom. The van der Waals surface area contributed by atoms with Crippen LogP contribution in [-0.2, 0) is 28.3 Å². The highest BCUT2D eigenvalue weighted by Gasteiger charge is 2.40. The van der Waals surface area contributed by atoms with Crippen LogP contribution in [0.2, 0.25) is 0 Å². The molecule has 0 saturated carbocycles. The van der Waals surface area contributed by atoms with Gasteiger partial charge in [0.15, 0.2) is 0 Å². The van der Waals surface area contributed by atoms with Crippen LogP contribution in [0.1, 0.15) is 52.7 Å². The molecule has 3 amide bonds. The third-order valence-corrected chi connectivity index (χ3v) is 7.04. The Hall–Kier alpha value is -3.10. The molecular weight excluding hydrogens is 425 g/mol. The molecule has 8 heteroatoms. The average Bonchev–Trinajstić information content (AvgIpc) is 3.11. The molecule has 2 saturated heterocycles. The number of piperidine rings is 2. The predicted molar refractivity (Wildman–Crippen MR) is 117 cm³/mol. The molecule has 2 N–H and O–H groups in total. The Morgan fingerprint density at radius 1 is 1.09 bits per heavy atom. The second-order valence-electron chi connectivity index (χ2n) is 9.21. The number of imide groups is 1. The van der Waals surface area contributed by atoms with Gasteiger partial charge in [-0.3, -0.25) is 24.6 Å². The zero-order chi connectivity index (χ0) is 23.2. The van der Waals surface area contributed by atoms with Crippen LogP contribution in [-0.4, -0.2) is 51.8 Å². The van der Waals surface area contributed by atoms with Crippen LogP contribution in [0.5, 0.6) is 0 Å². The Balaban J connectivity index is 1.27. The summed E-state index contributed by atoms with van der Waals surface area (Å²) in [6.45, 7) is 2.26. The van der Waals surface area contributed by atoms with Crippen LogP contribution in [0, 0.1) is 5.82 Å². The van der Waals surface area contributed by atoms with Crippen molar-refractivity contribution in [2.75, 3.05) is 13.1 Å². The van der Waals surface area contributed by atoms with Crippen LogP contribution in [0.4, 0.5) is 4.39 Å². The Labute approximate surface area is 191 Å². The first-order valence-electron chi connectivity index (χ1n) is 11.3. The van der Waals surface area contributed by atoms with Gasteiger partial charge < -0.3 is 10.0 Å². The van der Waals surface area contributed by atoms with Gasteiger partial charge in [-0.25, -0.2) is 4.39 Å². The molecule has 0 aliphatic carbocycles. The molecule has 33 heavy (non-hydrogen) atoms. The van der Waals surface area contributed by atoms with Gasteiger partial charge in [0.05, 0.1) is 5.60 Å². The Morgan fingerprint density at radius 2 is 1.88 bits per heavy atom. The third-order valence-electron chi connectivity index (χ3n) is 7.04. The summed E-state index contributed by atoms with van der Waals surface area (Å²) < 4.78 is 13.5. The Bertz CT molecular complexity index is 1130. The molecule has 0 aromatic heterocycles. The van der Waals surface area contributed by atoms with Gasteiger partial charge in [0.1, 0.15) is 11.9 Å². The minimum Gasteiger partial charge on any atom is -0.385 e. The summed E-state index contributed by atoms with van der Waals surface area (Å²) in [6.07, 6.45) is 1.60. The second kappa shape index (κ2) is 8.35. The van der Waals surface area contributed by atoms with Gasteiger partial charge in [-0.15, -0.1) is 0 Å². The highest BCUT2D eigenvalue weighted by Crippen LogP contribution is 2.36. The number of amides is 3. The normalized spacial score (nSPS) is 22.9. The third kappa shape index (κ3) is 4.16. The number of hydrogen-bond donors (Lipinski definition) is 2. The maximum Gasteiger partial charge on any atom is 0.255 e. The number of hydrogen-bond acceptors (Lipinski definition) is 5. The first-order valence-corrected chi connectivity index (χ1v) is 11.3. The van der Waals surface area contributed by atoms with E-state index in [9.17, 15) is 23.9 Å². The van der Waals surface area contributed by atoms with Crippen molar-refractivity contribution in [3.63, 3.8) is 0 Å². The standard InChI is InChI=1S/C25H26FN3O4/c26-19-3-1-2-16(12-19)14-28-10-8-25(33,9-11-28)18-4-5-20-17(13-18)15-29(24(20)32)21-6-7-22(30)27-23(21)31/h1-5,12-13,21,33H,6-11,14-15H2,(H,27,30,31). The van der Waals surface area contributed by atoms with E-state index in [0.717, 1.165) is 16.7 Å². The number of nitrogens with zero attached hydrogens (tertiary/aromatic N) is 2. The van der Waals surface area contributed by atoms with E-state index in [1.54, 1.807) is 18.2 Å². The fourth-order valence-electron chi connectivity index (χ4n) is 5.13. The number of likely N-dealkylation sites (tertiary alicyclic amines) is 1. The highest BCUT2D eigenvalue weighted by molar-refractivity contribution is 6.05. The molecule has 3 aliphatic rings. The number of rotatable bonds is 4. The van der Waals surface area contributed by atoms with E-state index in [0.29, 0.717) is 44.5 Å². The molecule has 7 nitrogen and oxygen atoms in total. The van der Waals surface area contributed by atoms with Crippen LogP contribution in [0.25, 0.3) is 0 Å². The van der Waals surface area contributed by atoms with E-state index >= 15 is 0 Å². The van der Waals surface area contributed by atoms with E-state index in [4.69, 9.17) is 0 Å². The van der Waals surface area contributed by atoms with Crippen molar-refractivity contribution < 1.29 is 23.9 Å². The van der Waals surface area contributed by atoms with Gasteiger partial charge in [-0.05, 0) is 54.2 Å². The monoisotopic (exact) mass is 451 g/mol. The lowest BCUT2D eigenvalue weighted by molar-refractivity contribution is -0.136. The smallest absolute Gasteiger partial charge is 0.255 e. The summed E-state index contributed by atoms with van der Waals surface area (Å²) in [4.78, 5) is 40.3. The number of carbonyl (C=O) groups excluding carboxylic acids is 3. The number of benzene rings is 2. The minimum atomic E-state index is -1.00. The summed E-state index contributed by atoms with van der Waals surface area (Å²) in [5.74, 6) is -1.21. The van der Waals surface area contributed by atoms with E-state index in [1.807, 2.05) is 12.1 Å².